The predicted octanol–water partition coefficient (Wildman–Crippen LogP) is 1.30. The average Bonchev–Trinajstić information content (AvgIpc) is 3.11. The molecule has 6 nitrogen and oxygen atoms in total. The maximum atomic E-state index is 12.1. The molecule has 0 aliphatic carbocycles. The van der Waals surface area contributed by atoms with Crippen molar-refractivity contribution in [2.45, 2.75) is 6.54 Å². The highest BCUT2D eigenvalue weighted by molar-refractivity contribution is 7.99. The van der Waals surface area contributed by atoms with E-state index in [1.165, 1.54) is 24.2 Å². The second-order valence-corrected chi connectivity index (χ2v) is 6.92. The number of carbonyl (C=O) groups excluding carboxylic acids is 1. The molecule has 0 radical (unpaired) electrons. The van der Waals surface area contributed by atoms with E-state index in [9.17, 15) is 10.0 Å². The summed E-state index contributed by atoms with van der Waals surface area (Å²) in [7, 11) is 1.52. The van der Waals surface area contributed by atoms with E-state index in [4.69, 9.17) is 4.42 Å². The summed E-state index contributed by atoms with van der Waals surface area (Å²) >= 11 is 1.99. The van der Waals surface area contributed by atoms with Gasteiger partial charge in [-0.05, 0) is 23.8 Å². The van der Waals surface area contributed by atoms with Crippen molar-refractivity contribution < 1.29 is 19.5 Å². The highest BCUT2D eigenvalue weighted by Gasteiger charge is 2.15. The van der Waals surface area contributed by atoms with E-state index in [0.717, 1.165) is 18.7 Å². The Morgan fingerprint density at radius 3 is 2.58 bits per heavy atom. The monoisotopic (exact) mass is 348 g/mol. The molecular formula is C17H22N3O3S+. The van der Waals surface area contributed by atoms with Crippen LogP contribution in [0.1, 0.15) is 16.1 Å². The second kappa shape index (κ2) is 7.74. The van der Waals surface area contributed by atoms with Gasteiger partial charge in [-0.15, -0.1) is 5.06 Å². The molecule has 1 fully saturated rings. The van der Waals surface area contributed by atoms with Crippen LogP contribution in [-0.2, 0) is 6.54 Å². The lowest BCUT2D eigenvalue weighted by molar-refractivity contribution is -1.02. The van der Waals surface area contributed by atoms with Crippen LogP contribution >= 0.6 is 11.8 Å². The number of hydrogen-bond acceptors (Lipinski definition) is 5. The van der Waals surface area contributed by atoms with Gasteiger partial charge >= 0.3 is 5.88 Å². The number of rotatable bonds is 5. The van der Waals surface area contributed by atoms with Gasteiger partial charge in [0, 0.05) is 42.9 Å². The van der Waals surface area contributed by atoms with E-state index in [2.05, 4.69) is 22.3 Å². The summed E-state index contributed by atoms with van der Waals surface area (Å²) in [5.74, 6) is 2.56. The van der Waals surface area contributed by atoms with Gasteiger partial charge in [-0.2, -0.15) is 11.8 Å². The molecule has 0 saturated carbocycles. The van der Waals surface area contributed by atoms with E-state index in [0.29, 0.717) is 12.4 Å². The van der Waals surface area contributed by atoms with Crippen molar-refractivity contribution in [3.8, 4) is 0 Å². The third-order valence-electron chi connectivity index (χ3n) is 3.95. The van der Waals surface area contributed by atoms with Gasteiger partial charge in [-0.1, -0.05) is 12.1 Å². The second-order valence-electron chi connectivity index (χ2n) is 5.70. The number of hydroxylamine groups is 1. The van der Waals surface area contributed by atoms with Crippen LogP contribution in [-0.4, -0.2) is 42.8 Å². The maximum absolute atomic E-state index is 12.1. The summed E-state index contributed by atoms with van der Waals surface area (Å²) in [5.41, 5.74) is 2.27. The molecule has 1 aliphatic rings. The van der Waals surface area contributed by atoms with Gasteiger partial charge in [0.15, 0.2) is 5.76 Å². The molecule has 1 amide bonds. The Hall–Kier alpha value is -1.96. The van der Waals surface area contributed by atoms with E-state index < -0.39 is 0 Å². The first-order chi connectivity index (χ1) is 11.6. The number of nitrogens with zero attached hydrogens (tertiary/aromatic N) is 1. The molecule has 1 aromatic carbocycles. The number of furan rings is 1. The van der Waals surface area contributed by atoms with Crippen LogP contribution in [0.15, 0.2) is 40.8 Å². The van der Waals surface area contributed by atoms with Crippen LogP contribution in [0.25, 0.3) is 0 Å². The van der Waals surface area contributed by atoms with Crippen LogP contribution in [0.4, 0.5) is 11.6 Å². The van der Waals surface area contributed by atoms with Gasteiger partial charge in [-0.3, -0.25) is 4.79 Å². The smallest absolute Gasteiger partial charge is 0.328 e. The maximum Gasteiger partial charge on any atom is 0.328 e. The Labute approximate surface area is 145 Å². The molecule has 2 aromatic rings. The fourth-order valence-corrected chi connectivity index (χ4v) is 3.47. The minimum atomic E-state index is -0.292. The lowest BCUT2D eigenvalue weighted by Gasteiger charge is -2.28. The highest BCUT2D eigenvalue weighted by Crippen LogP contribution is 2.20. The molecule has 1 saturated heterocycles. The van der Waals surface area contributed by atoms with Gasteiger partial charge < -0.3 is 14.6 Å². The first-order valence-corrected chi connectivity index (χ1v) is 9.11. The number of benzene rings is 1. The molecule has 7 heteroatoms. The lowest BCUT2D eigenvalue weighted by atomic mass is 10.2. The Balaban J connectivity index is 1.54. The van der Waals surface area contributed by atoms with Crippen LogP contribution in [0.2, 0.25) is 0 Å². The molecule has 1 aliphatic heterocycles. The highest BCUT2D eigenvalue weighted by atomic mass is 32.2. The molecule has 1 unspecified atom stereocenters. The normalized spacial score (nSPS) is 16.0. The van der Waals surface area contributed by atoms with Crippen molar-refractivity contribution in [1.82, 2.24) is 5.32 Å². The Kier molecular flexibility index (Phi) is 5.44. The molecular weight excluding hydrogens is 326 g/mol. The zero-order valence-electron chi connectivity index (χ0n) is 13.6. The molecule has 1 aromatic heterocycles. The molecule has 3 N–H and O–H groups in total. The summed E-state index contributed by atoms with van der Waals surface area (Å²) in [6, 6.07) is 11.4. The first kappa shape index (κ1) is 16.9. The van der Waals surface area contributed by atoms with Gasteiger partial charge in [0.25, 0.3) is 5.91 Å². The summed E-state index contributed by atoms with van der Waals surface area (Å²) in [6.07, 6.45) is 0. The van der Waals surface area contributed by atoms with Crippen molar-refractivity contribution in [2.24, 2.45) is 0 Å². The quantitative estimate of drug-likeness (QED) is 0.711. The zero-order valence-corrected chi connectivity index (χ0v) is 14.4. The third kappa shape index (κ3) is 4.11. The van der Waals surface area contributed by atoms with Crippen molar-refractivity contribution >= 4 is 29.2 Å². The molecule has 128 valence electrons. The van der Waals surface area contributed by atoms with Crippen molar-refractivity contribution in [3.63, 3.8) is 0 Å². The number of thioether (sulfide) groups is 1. The average molecular weight is 348 g/mol. The number of carbonyl (C=O) groups is 1. The first-order valence-electron chi connectivity index (χ1n) is 7.96. The molecule has 3 rings (SSSR count). The minimum Gasteiger partial charge on any atom is -0.405 e. The topological polar surface area (TPSA) is 70.2 Å². The van der Waals surface area contributed by atoms with Crippen LogP contribution in [0.3, 0.4) is 0 Å². The zero-order chi connectivity index (χ0) is 16.9. The van der Waals surface area contributed by atoms with Crippen LogP contribution < -0.4 is 15.3 Å². The minimum absolute atomic E-state index is 0.0563. The molecule has 0 bridgehead atoms. The van der Waals surface area contributed by atoms with Crippen molar-refractivity contribution in [3.05, 3.63) is 47.7 Å². The number of nitrogens with one attached hydrogen (secondary N) is 2. The van der Waals surface area contributed by atoms with Crippen molar-refractivity contribution in [2.75, 3.05) is 36.5 Å². The SMILES string of the molecule is C[NH+](O)c1ccc(C(=O)NCc2ccc(N3CCSCC3)cc2)o1. The molecule has 2 heterocycles. The van der Waals surface area contributed by atoms with Gasteiger partial charge in [0.2, 0.25) is 0 Å². The fourth-order valence-electron chi connectivity index (χ4n) is 2.57. The largest absolute Gasteiger partial charge is 0.405 e. The summed E-state index contributed by atoms with van der Waals surface area (Å²) in [6.45, 7) is 2.61. The van der Waals surface area contributed by atoms with E-state index in [1.807, 2.05) is 23.9 Å². The van der Waals surface area contributed by atoms with Gasteiger partial charge in [0.1, 0.15) is 7.05 Å². The third-order valence-corrected chi connectivity index (χ3v) is 4.89. The Bertz CT molecular complexity index is 679. The summed E-state index contributed by atoms with van der Waals surface area (Å²) in [4.78, 5) is 14.4. The Morgan fingerprint density at radius 2 is 1.96 bits per heavy atom. The van der Waals surface area contributed by atoms with E-state index >= 15 is 0 Å². The number of amides is 1. The van der Waals surface area contributed by atoms with E-state index in [1.54, 1.807) is 12.1 Å². The standard InChI is InChI=1S/C17H21N3O3S/c1-19(22)16-7-6-15(23-16)17(21)18-12-13-2-4-14(5-3-13)20-8-10-24-11-9-20/h2-7,22H,8-12H2,1H3,(H,18,21)/p+1. The van der Waals surface area contributed by atoms with Crippen molar-refractivity contribution in [1.29, 1.82) is 0 Å². The number of quaternary nitrogens is 1. The molecule has 24 heavy (non-hydrogen) atoms. The van der Waals surface area contributed by atoms with Crippen LogP contribution in [0, 0.1) is 0 Å². The lowest BCUT2D eigenvalue weighted by Crippen LogP contribution is -3.01. The fraction of sp³-hybridized carbons (Fsp3) is 0.353. The van der Waals surface area contributed by atoms with Crippen LogP contribution in [0.5, 0.6) is 0 Å². The Morgan fingerprint density at radius 1 is 1.25 bits per heavy atom. The van der Waals surface area contributed by atoms with E-state index in [-0.39, 0.29) is 16.7 Å². The number of hydrogen-bond donors (Lipinski definition) is 3. The molecule has 1 atom stereocenters. The number of anilines is 1. The van der Waals surface area contributed by atoms with Gasteiger partial charge in [-0.25, -0.2) is 5.21 Å². The molecule has 0 spiro atoms. The predicted molar refractivity (Wildman–Crippen MR) is 94.2 cm³/mol. The van der Waals surface area contributed by atoms with Gasteiger partial charge in [0.05, 0.1) is 0 Å². The summed E-state index contributed by atoms with van der Waals surface area (Å²) < 4.78 is 5.29. The summed E-state index contributed by atoms with van der Waals surface area (Å²) in [5, 5.41) is 12.2.